The molecule has 0 aromatic carbocycles. The van der Waals surface area contributed by atoms with Crippen LogP contribution in [0.15, 0.2) is 10.1 Å². The van der Waals surface area contributed by atoms with Gasteiger partial charge in [-0.3, -0.25) is 10.0 Å². The Kier molecular flexibility index (Phi) is 2.27. The van der Waals surface area contributed by atoms with Crippen LogP contribution in [-0.2, 0) is 0 Å². The number of nitrogens with zero attached hydrogens (tertiary/aromatic N) is 3. The minimum Gasteiger partial charge on any atom is -0.272 e. The summed E-state index contributed by atoms with van der Waals surface area (Å²) in [6.45, 7) is 1.12. The van der Waals surface area contributed by atoms with Crippen molar-refractivity contribution in [1.29, 1.82) is 0 Å². The lowest BCUT2D eigenvalue weighted by molar-refractivity contribution is 0.155. The van der Waals surface area contributed by atoms with Crippen LogP contribution in [0.25, 0.3) is 0 Å². The molecule has 3 heteroatoms. The highest BCUT2D eigenvalue weighted by Crippen LogP contribution is 2.41. The summed E-state index contributed by atoms with van der Waals surface area (Å²) in [7, 11) is 0. The van der Waals surface area contributed by atoms with Gasteiger partial charge < -0.3 is 0 Å². The van der Waals surface area contributed by atoms with Crippen LogP contribution < -0.4 is 0 Å². The summed E-state index contributed by atoms with van der Waals surface area (Å²) >= 11 is 0. The van der Waals surface area contributed by atoms with Crippen LogP contribution in [0.5, 0.6) is 0 Å². The number of piperidine rings is 1. The molecule has 2 aliphatic heterocycles. The molecule has 2 saturated carbocycles. The van der Waals surface area contributed by atoms with Crippen molar-refractivity contribution >= 4 is 11.4 Å². The van der Waals surface area contributed by atoms with Crippen molar-refractivity contribution in [1.82, 2.24) is 5.01 Å². The molecule has 0 amide bonds. The smallest absolute Gasteiger partial charge is 0.137 e. The van der Waals surface area contributed by atoms with E-state index in [2.05, 4.69) is 5.01 Å². The molecule has 0 spiro atoms. The number of hydrogen-bond acceptors (Lipinski definition) is 3. The average molecular weight is 231 g/mol. The number of hydrogen-bond donors (Lipinski definition) is 0. The summed E-state index contributed by atoms with van der Waals surface area (Å²) in [4.78, 5) is 5.08. The summed E-state index contributed by atoms with van der Waals surface area (Å²) in [6, 6.07) is 0. The molecule has 2 aliphatic carbocycles. The van der Waals surface area contributed by atoms with Crippen molar-refractivity contribution in [3.05, 3.63) is 0 Å². The molecule has 4 aliphatic rings. The van der Waals surface area contributed by atoms with Gasteiger partial charge in [-0.1, -0.05) is 6.42 Å². The molecule has 0 aromatic heterocycles. The minimum absolute atomic E-state index is 0.391. The van der Waals surface area contributed by atoms with Crippen LogP contribution in [-0.4, -0.2) is 29.1 Å². The van der Waals surface area contributed by atoms with Crippen molar-refractivity contribution < 1.29 is 0 Å². The average Bonchev–Trinajstić information content (AvgIpc) is 2.85. The van der Waals surface area contributed by atoms with Crippen LogP contribution in [0.4, 0.5) is 0 Å². The summed E-state index contributed by atoms with van der Waals surface area (Å²) in [5, 5.41) is 7.17. The predicted molar refractivity (Wildman–Crippen MR) is 69.3 cm³/mol. The van der Waals surface area contributed by atoms with E-state index >= 15 is 0 Å². The summed E-state index contributed by atoms with van der Waals surface area (Å²) in [5.74, 6) is 1.70. The number of aliphatic imine (C=N–C) groups is 1. The van der Waals surface area contributed by atoms with Crippen LogP contribution in [0.1, 0.15) is 51.4 Å². The monoisotopic (exact) mass is 231 g/mol. The second-order valence-electron chi connectivity index (χ2n) is 6.04. The quantitative estimate of drug-likeness (QED) is 0.630. The second kappa shape index (κ2) is 3.82. The maximum atomic E-state index is 5.08. The first-order valence-corrected chi connectivity index (χ1v) is 7.34. The van der Waals surface area contributed by atoms with Gasteiger partial charge in [-0.05, 0) is 50.9 Å². The Morgan fingerprint density at radius 3 is 3.00 bits per heavy atom. The topological polar surface area (TPSA) is 28.0 Å². The van der Waals surface area contributed by atoms with E-state index in [-0.39, 0.29) is 0 Å². The SMILES string of the molecule is C1CC2CCC3=NN4CCCCC4N=C3C2C1. The second-order valence-corrected chi connectivity index (χ2v) is 6.04. The number of rotatable bonds is 0. The maximum Gasteiger partial charge on any atom is 0.137 e. The van der Waals surface area contributed by atoms with Crippen LogP contribution >= 0.6 is 0 Å². The van der Waals surface area contributed by atoms with Crippen molar-refractivity contribution in [2.24, 2.45) is 21.9 Å². The van der Waals surface area contributed by atoms with Gasteiger partial charge in [-0.25, -0.2) is 0 Å². The van der Waals surface area contributed by atoms with Gasteiger partial charge in [0, 0.05) is 12.5 Å². The van der Waals surface area contributed by atoms with Crippen LogP contribution in [0, 0.1) is 11.8 Å². The third-order valence-corrected chi connectivity index (χ3v) is 5.04. The van der Waals surface area contributed by atoms with Gasteiger partial charge in [0.1, 0.15) is 6.17 Å². The predicted octanol–water partition coefficient (Wildman–Crippen LogP) is 2.82. The number of fused-ring (bicyclic) bond motifs is 4. The Morgan fingerprint density at radius 1 is 1.00 bits per heavy atom. The van der Waals surface area contributed by atoms with E-state index in [9.17, 15) is 0 Å². The molecule has 0 N–H and O–H groups in total. The molecule has 4 rings (SSSR count). The third-order valence-electron chi connectivity index (χ3n) is 5.04. The zero-order valence-electron chi connectivity index (χ0n) is 10.4. The molecule has 3 atom stereocenters. The lowest BCUT2D eigenvalue weighted by atomic mass is 9.78. The molecular formula is C14H21N3. The fraction of sp³-hybridized carbons (Fsp3) is 0.857. The summed E-state index contributed by atoms with van der Waals surface area (Å²) in [6.07, 6.45) is 11.0. The molecule has 3 unspecified atom stereocenters. The third kappa shape index (κ3) is 1.54. The molecule has 0 bridgehead atoms. The Morgan fingerprint density at radius 2 is 2.00 bits per heavy atom. The van der Waals surface area contributed by atoms with Gasteiger partial charge in [-0.2, -0.15) is 5.10 Å². The zero-order valence-corrected chi connectivity index (χ0v) is 10.4. The normalized spacial score (nSPS) is 40.0. The van der Waals surface area contributed by atoms with E-state index < -0.39 is 0 Å². The van der Waals surface area contributed by atoms with E-state index in [1.165, 1.54) is 62.8 Å². The molecule has 92 valence electrons. The van der Waals surface area contributed by atoms with Crippen molar-refractivity contribution in [3.8, 4) is 0 Å². The highest BCUT2D eigenvalue weighted by atomic mass is 15.5. The number of hydrazone groups is 1. The summed E-state index contributed by atoms with van der Waals surface area (Å²) in [5.41, 5.74) is 2.76. The molecule has 2 heterocycles. The van der Waals surface area contributed by atoms with Gasteiger partial charge in [0.15, 0.2) is 0 Å². The van der Waals surface area contributed by atoms with Gasteiger partial charge in [0.25, 0.3) is 0 Å². The van der Waals surface area contributed by atoms with Gasteiger partial charge in [0.05, 0.1) is 11.4 Å². The molecule has 17 heavy (non-hydrogen) atoms. The van der Waals surface area contributed by atoms with Crippen molar-refractivity contribution in [2.75, 3.05) is 6.54 Å². The molecule has 0 radical (unpaired) electrons. The van der Waals surface area contributed by atoms with E-state index in [0.717, 1.165) is 18.4 Å². The van der Waals surface area contributed by atoms with E-state index in [1.807, 2.05) is 0 Å². The molecular weight excluding hydrogens is 210 g/mol. The van der Waals surface area contributed by atoms with Crippen molar-refractivity contribution in [3.63, 3.8) is 0 Å². The molecule has 0 aromatic rings. The first kappa shape index (κ1) is 10.1. The van der Waals surface area contributed by atoms with E-state index in [0.29, 0.717) is 6.17 Å². The first-order valence-electron chi connectivity index (χ1n) is 7.34. The van der Waals surface area contributed by atoms with Crippen LogP contribution in [0.3, 0.4) is 0 Å². The maximum absolute atomic E-state index is 5.08. The van der Waals surface area contributed by atoms with E-state index in [4.69, 9.17) is 10.1 Å². The molecule has 1 saturated heterocycles. The lowest BCUT2D eigenvalue weighted by Crippen LogP contribution is -2.44. The van der Waals surface area contributed by atoms with Crippen molar-refractivity contribution in [2.45, 2.75) is 57.5 Å². The Balaban J connectivity index is 1.67. The highest BCUT2D eigenvalue weighted by Gasteiger charge is 2.40. The molecule has 3 nitrogen and oxygen atoms in total. The van der Waals surface area contributed by atoms with E-state index in [1.54, 1.807) is 0 Å². The molecule has 3 fully saturated rings. The lowest BCUT2D eigenvalue weighted by Gasteiger charge is -2.39. The Bertz CT molecular complexity index is 385. The standard InChI is InChI=1S/C14H21N3/c1-2-9-17-13(6-1)15-14-11-5-3-4-10(11)7-8-12(14)16-17/h10-11,13H,1-9H2. The fourth-order valence-electron chi connectivity index (χ4n) is 4.14. The van der Waals surface area contributed by atoms with Gasteiger partial charge in [0.2, 0.25) is 0 Å². The largest absolute Gasteiger partial charge is 0.272 e. The fourth-order valence-corrected chi connectivity index (χ4v) is 4.14. The highest BCUT2D eigenvalue weighted by molar-refractivity contribution is 6.44. The first-order chi connectivity index (χ1) is 8.42. The minimum atomic E-state index is 0.391. The van der Waals surface area contributed by atoms with Crippen LogP contribution in [0.2, 0.25) is 0 Å². The summed E-state index contributed by atoms with van der Waals surface area (Å²) < 4.78 is 0. The van der Waals surface area contributed by atoms with Gasteiger partial charge >= 0.3 is 0 Å². The van der Waals surface area contributed by atoms with Gasteiger partial charge in [-0.15, -0.1) is 0 Å². The Labute approximate surface area is 103 Å². The zero-order chi connectivity index (χ0) is 11.2. The Hall–Kier alpha value is -0.860.